The first-order valence-corrected chi connectivity index (χ1v) is 10.2. The first-order valence-electron chi connectivity index (χ1n) is 10.2. The first-order chi connectivity index (χ1) is 13.9. The molecule has 0 aliphatic rings. The number of hydrogen-bond donors (Lipinski definition) is 0. The van der Waals surface area contributed by atoms with Crippen LogP contribution in [0.2, 0.25) is 0 Å². The van der Waals surface area contributed by atoms with Crippen LogP contribution in [0.5, 0.6) is 0 Å². The van der Waals surface area contributed by atoms with Gasteiger partial charge in [0.05, 0.1) is 18.8 Å². The average molecular weight is 386 g/mol. The van der Waals surface area contributed by atoms with Crippen molar-refractivity contribution in [2.24, 2.45) is 7.05 Å². The summed E-state index contributed by atoms with van der Waals surface area (Å²) in [5.74, 6) is 2.61. The van der Waals surface area contributed by atoms with Crippen LogP contribution in [0.15, 0.2) is 60.8 Å². The van der Waals surface area contributed by atoms with Gasteiger partial charge in [-0.3, -0.25) is 0 Å². The fourth-order valence-corrected chi connectivity index (χ4v) is 4.42. The molecule has 0 saturated heterocycles. The normalized spacial score (nSPS) is 11.4. The third-order valence-corrected chi connectivity index (χ3v) is 5.66. The topological polar surface area (TPSA) is 26.6 Å². The molecule has 148 valence electrons. The predicted octanol–water partition coefficient (Wildman–Crippen LogP) is 5.20. The van der Waals surface area contributed by atoms with E-state index in [2.05, 4.69) is 103 Å². The summed E-state index contributed by atoms with van der Waals surface area (Å²) in [4.78, 5) is 0. The molecule has 4 rings (SSSR count). The van der Waals surface area contributed by atoms with Gasteiger partial charge in [-0.25, -0.2) is 4.57 Å². The van der Waals surface area contributed by atoms with Crippen molar-refractivity contribution >= 4 is 0 Å². The Bertz CT molecular complexity index is 1140. The zero-order valence-electron chi connectivity index (χ0n) is 18.1. The fourth-order valence-electron chi connectivity index (χ4n) is 4.42. The molecule has 0 spiro atoms. The average Bonchev–Trinajstić information content (AvgIpc) is 3.23. The van der Waals surface area contributed by atoms with Crippen LogP contribution in [0.3, 0.4) is 0 Å². The van der Waals surface area contributed by atoms with Crippen LogP contribution >= 0.6 is 0 Å². The number of nitrogens with zero attached hydrogens (tertiary/aromatic N) is 4. The van der Waals surface area contributed by atoms with Gasteiger partial charge in [-0.05, 0) is 44.0 Å². The molecule has 0 radical (unpaired) electrons. The molecule has 4 heteroatoms. The summed E-state index contributed by atoms with van der Waals surface area (Å²) >= 11 is 0. The van der Waals surface area contributed by atoms with E-state index in [0.29, 0.717) is 5.92 Å². The lowest BCUT2D eigenvalue weighted by Crippen LogP contribution is -2.38. The highest BCUT2D eigenvalue weighted by atomic mass is 15.3. The standard InChI is InChI=1S/C25H29N4/c1-17(2)24-20(5)28(22-15-16-26-27(22)6)25(23-18(3)11-10-12-19(23)4)29(24)21-13-8-7-9-14-21/h7-17H,1-6H3/q+1. The Labute approximate surface area is 173 Å². The number of rotatable bonds is 4. The Kier molecular flexibility index (Phi) is 4.87. The Balaban J connectivity index is 2.23. The molecule has 2 aromatic carbocycles. The minimum Gasteiger partial charge on any atom is -0.226 e. The number of para-hydroxylation sites is 1. The summed E-state index contributed by atoms with van der Waals surface area (Å²) in [7, 11) is 2.01. The second kappa shape index (κ2) is 7.36. The van der Waals surface area contributed by atoms with Crippen molar-refractivity contribution in [3.63, 3.8) is 0 Å². The summed E-state index contributed by atoms with van der Waals surface area (Å²) in [5, 5.41) is 4.46. The van der Waals surface area contributed by atoms with Gasteiger partial charge in [0.15, 0.2) is 0 Å². The second-order valence-corrected chi connectivity index (χ2v) is 8.04. The SMILES string of the molecule is Cc1cccc(C)c1-c1n(-c2ccccc2)c(C(C)C)c(C)[n+]1-c1ccnn1C. The predicted molar refractivity (Wildman–Crippen MR) is 118 cm³/mol. The Morgan fingerprint density at radius 3 is 2.07 bits per heavy atom. The van der Waals surface area contributed by atoms with Gasteiger partial charge < -0.3 is 0 Å². The van der Waals surface area contributed by atoms with Crippen molar-refractivity contribution in [2.45, 2.75) is 40.5 Å². The van der Waals surface area contributed by atoms with E-state index in [9.17, 15) is 0 Å². The molecule has 2 aromatic heterocycles. The lowest BCUT2D eigenvalue weighted by atomic mass is 10.0. The number of aromatic nitrogens is 4. The maximum Gasteiger partial charge on any atom is 0.253 e. The number of imidazole rings is 1. The van der Waals surface area contributed by atoms with E-state index >= 15 is 0 Å². The Morgan fingerprint density at radius 2 is 1.52 bits per heavy atom. The zero-order valence-corrected chi connectivity index (χ0v) is 18.1. The molecule has 0 aliphatic heterocycles. The van der Waals surface area contributed by atoms with E-state index in [1.54, 1.807) is 0 Å². The number of benzene rings is 2. The molecule has 0 amide bonds. The highest BCUT2D eigenvalue weighted by Crippen LogP contribution is 2.33. The van der Waals surface area contributed by atoms with E-state index in [4.69, 9.17) is 0 Å². The maximum atomic E-state index is 4.46. The lowest BCUT2D eigenvalue weighted by Gasteiger charge is -2.14. The molecule has 0 saturated carbocycles. The van der Waals surface area contributed by atoms with E-state index in [-0.39, 0.29) is 0 Å². The molecule has 0 unspecified atom stereocenters. The number of hydrogen-bond acceptors (Lipinski definition) is 1. The van der Waals surface area contributed by atoms with Crippen molar-refractivity contribution in [1.29, 1.82) is 0 Å². The highest BCUT2D eigenvalue weighted by molar-refractivity contribution is 5.66. The van der Waals surface area contributed by atoms with Gasteiger partial charge in [-0.15, -0.1) is 5.10 Å². The van der Waals surface area contributed by atoms with Crippen LogP contribution in [-0.2, 0) is 7.05 Å². The molecule has 0 aliphatic carbocycles. The van der Waals surface area contributed by atoms with Crippen LogP contribution in [0.4, 0.5) is 0 Å². The molecule has 29 heavy (non-hydrogen) atoms. The summed E-state index contributed by atoms with van der Waals surface area (Å²) in [6.45, 7) is 11.2. The zero-order chi connectivity index (χ0) is 20.7. The van der Waals surface area contributed by atoms with Crippen molar-refractivity contribution in [2.75, 3.05) is 0 Å². The molecule has 0 atom stereocenters. The largest absolute Gasteiger partial charge is 0.253 e. The van der Waals surface area contributed by atoms with Crippen LogP contribution in [0, 0.1) is 20.8 Å². The van der Waals surface area contributed by atoms with E-state index in [0.717, 1.165) is 5.82 Å². The smallest absolute Gasteiger partial charge is 0.226 e. The van der Waals surface area contributed by atoms with Crippen molar-refractivity contribution in [1.82, 2.24) is 14.3 Å². The molecule has 0 N–H and O–H groups in total. The molecular formula is C25H29N4+. The quantitative estimate of drug-likeness (QED) is 0.443. The summed E-state index contributed by atoms with van der Waals surface area (Å²) < 4.78 is 6.75. The van der Waals surface area contributed by atoms with E-state index in [1.807, 2.05) is 17.9 Å². The highest BCUT2D eigenvalue weighted by Gasteiger charge is 2.33. The Morgan fingerprint density at radius 1 is 0.862 bits per heavy atom. The first kappa shape index (κ1) is 19.2. The maximum absolute atomic E-state index is 4.46. The van der Waals surface area contributed by atoms with Crippen LogP contribution in [0.1, 0.15) is 42.3 Å². The second-order valence-electron chi connectivity index (χ2n) is 8.04. The van der Waals surface area contributed by atoms with Gasteiger partial charge in [-0.1, -0.05) is 50.2 Å². The van der Waals surface area contributed by atoms with E-state index in [1.165, 1.54) is 39.6 Å². The summed E-state index contributed by atoms with van der Waals surface area (Å²) in [5.41, 5.74) is 7.54. The summed E-state index contributed by atoms with van der Waals surface area (Å²) in [6, 6.07) is 19.3. The van der Waals surface area contributed by atoms with Gasteiger partial charge in [0, 0.05) is 12.0 Å². The molecule has 4 nitrogen and oxygen atoms in total. The lowest BCUT2D eigenvalue weighted by molar-refractivity contribution is -0.595. The Hall–Kier alpha value is -3.14. The molecule has 0 fully saturated rings. The molecular weight excluding hydrogens is 356 g/mol. The van der Waals surface area contributed by atoms with Gasteiger partial charge in [0.25, 0.3) is 5.82 Å². The van der Waals surface area contributed by atoms with Gasteiger partial charge in [-0.2, -0.15) is 9.25 Å². The third-order valence-electron chi connectivity index (χ3n) is 5.66. The minimum absolute atomic E-state index is 0.368. The van der Waals surface area contributed by atoms with Gasteiger partial charge in [0.2, 0.25) is 5.82 Å². The minimum atomic E-state index is 0.368. The van der Waals surface area contributed by atoms with Crippen molar-refractivity contribution in [3.05, 3.63) is 83.3 Å². The van der Waals surface area contributed by atoms with Crippen LogP contribution in [0.25, 0.3) is 22.9 Å². The van der Waals surface area contributed by atoms with Crippen molar-refractivity contribution in [3.8, 4) is 22.9 Å². The van der Waals surface area contributed by atoms with Gasteiger partial charge in [0.1, 0.15) is 17.1 Å². The third kappa shape index (κ3) is 3.09. The monoisotopic (exact) mass is 385 g/mol. The molecule has 2 heterocycles. The number of aryl methyl sites for hydroxylation is 3. The van der Waals surface area contributed by atoms with Gasteiger partial charge >= 0.3 is 0 Å². The summed E-state index contributed by atoms with van der Waals surface area (Å²) in [6.07, 6.45) is 1.87. The van der Waals surface area contributed by atoms with Crippen LogP contribution < -0.4 is 4.57 Å². The van der Waals surface area contributed by atoms with E-state index < -0.39 is 0 Å². The molecule has 4 aromatic rings. The fraction of sp³-hybridized carbons (Fsp3) is 0.280. The van der Waals surface area contributed by atoms with Crippen molar-refractivity contribution < 1.29 is 4.57 Å². The molecule has 0 bridgehead atoms. The van der Waals surface area contributed by atoms with Crippen LogP contribution in [-0.4, -0.2) is 14.3 Å².